The second kappa shape index (κ2) is 7.11. The largest absolute Gasteiger partial charge is 0.356 e. The molecule has 1 aromatic carbocycles. The fraction of sp³-hybridized carbons (Fsp3) is 0.421. The number of fused-ring (bicyclic) bond motifs is 1. The highest BCUT2D eigenvalue weighted by Gasteiger charge is 2.24. The maximum Gasteiger partial charge on any atom is 0.227 e. The fourth-order valence-corrected chi connectivity index (χ4v) is 3.62. The summed E-state index contributed by atoms with van der Waals surface area (Å²) in [5.74, 6) is 1.01. The number of piperazine rings is 1. The van der Waals surface area contributed by atoms with Crippen molar-refractivity contribution in [2.24, 2.45) is 0 Å². The van der Waals surface area contributed by atoms with Gasteiger partial charge in [-0.15, -0.1) is 0 Å². The monoisotopic (exact) mass is 371 g/mol. The number of H-pyrrole nitrogens is 1. The average molecular weight is 371 g/mol. The molecule has 3 heterocycles. The maximum atomic E-state index is 13.9. The van der Waals surface area contributed by atoms with E-state index >= 15 is 0 Å². The van der Waals surface area contributed by atoms with Crippen LogP contribution in [0, 0.1) is 19.7 Å². The Morgan fingerprint density at radius 1 is 1.26 bits per heavy atom. The predicted molar refractivity (Wildman–Crippen MR) is 97.6 cm³/mol. The zero-order valence-corrected chi connectivity index (χ0v) is 15.5. The Morgan fingerprint density at radius 2 is 2.04 bits per heavy atom. The van der Waals surface area contributed by atoms with E-state index in [1.165, 1.54) is 6.07 Å². The van der Waals surface area contributed by atoms with Gasteiger partial charge in [-0.3, -0.25) is 9.69 Å². The van der Waals surface area contributed by atoms with Crippen molar-refractivity contribution < 1.29 is 13.7 Å². The van der Waals surface area contributed by atoms with Crippen LogP contribution in [0.5, 0.6) is 0 Å². The molecule has 0 saturated carbocycles. The number of aromatic nitrogens is 3. The third-order valence-electron chi connectivity index (χ3n) is 5.09. The fourth-order valence-electron chi connectivity index (χ4n) is 3.62. The highest BCUT2D eigenvalue weighted by Crippen LogP contribution is 2.25. The molecule has 4 rings (SSSR count). The van der Waals surface area contributed by atoms with E-state index in [4.69, 9.17) is 4.52 Å². The number of nitrogens with one attached hydrogen (secondary N) is 1. The van der Waals surface area contributed by atoms with Crippen LogP contribution in [0.15, 0.2) is 22.7 Å². The van der Waals surface area contributed by atoms with E-state index in [0.29, 0.717) is 36.9 Å². The zero-order valence-electron chi connectivity index (χ0n) is 15.5. The van der Waals surface area contributed by atoms with Gasteiger partial charge in [0.1, 0.15) is 5.82 Å². The van der Waals surface area contributed by atoms with Crippen LogP contribution in [0.25, 0.3) is 10.9 Å². The number of hydrogen-bond acceptors (Lipinski definition) is 5. The lowest BCUT2D eigenvalue weighted by Crippen LogP contribution is -2.48. The smallest absolute Gasteiger partial charge is 0.227 e. The van der Waals surface area contributed by atoms with Crippen LogP contribution < -0.4 is 0 Å². The van der Waals surface area contributed by atoms with Crippen molar-refractivity contribution in [3.63, 3.8) is 0 Å². The summed E-state index contributed by atoms with van der Waals surface area (Å²) in [7, 11) is 0. The molecule has 1 aliphatic rings. The van der Waals surface area contributed by atoms with E-state index in [1.54, 1.807) is 13.0 Å². The molecule has 1 fully saturated rings. The first kappa shape index (κ1) is 17.7. The molecular weight excluding hydrogens is 349 g/mol. The number of carbonyl (C=O) groups excluding carboxylic acids is 1. The first-order valence-electron chi connectivity index (χ1n) is 9.06. The number of nitrogens with zero attached hydrogens (tertiary/aromatic N) is 4. The van der Waals surface area contributed by atoms with Gasteiger partial charge in [0.25, 0.3) is 0 Å². The van der Waals surface area contributed by atoms with Crippen molar-refractivity contribution >= 4 is 16.8 Å². The maximum absolute atomic E-state index is 13.9. The topological polar surface area (TPSA) is 78.3 Å². The number of aromatic amines is 1. The lowest BCUT2D eigenvalue weighted by atomic mass is 10.1. The molecule has 7 nitrogen and oxygen atoms in total. The third-order valence-corrected chi connectivity index (χ3v) is 5.09. The summed E-state index contributed by atoms with van der Waals surface area (Å²) in [4.78, 5) is 24.1. The molecule has 1 amide bonds. The molecule has 2 aromatic heterocycles. The molecule has 142 valence electrons. The summed E-state index contributed by atoms with van der Waals surface area (Å²) < 4.78 is 18.9. The average Bonchev–Trinajstić information content (AvgIpc) is 3.20. The molecular formula is C19H22FN5O2. The van der Waals surface area contributed by atoms with Crippen LogP contribution in [0.4, 0.5) is 4.39 Å². The SMILES string of the molecule is Cc1nc(CN2CCN(C(=O)Cc3c(C)[nH]c4c(F)cccc34)CC2)no1. The van der Waals surface area contributed by atoms with E-state index in [-0.39, 0.29) is 18.1 Å². The molecule has 1 aliphatic heterocycles. The summed E-state index contributed by atoms with van der Waals surface area (Å²) in [6, 6.07) is 4.96. The molecule has 0 bridgehead atoms. The van der Waals surface area contributed by atoms with Gasteiger partial charge < -0.3 is 14.4 Å². The zero-order chi connectivity index (χ0) is 19.0. The van der Waals surface area contributed by atoms with Crippen LogP contribution in [0.1, 0.15) is 23.0 Å². The van der Waals surface area contributed by atoms with Gasteiger partial charge in [0.2, 0.25) is 11.8 Å². The first-order chi connectivity index (χ1) is 13.0. The van der Waals surface area contributed by atoms with Crippen molar-refractivity contribution in [1.29, 1.82) is 0 Å². The number of aryl methyl sites for hydroxylation is 2. The van der Waals surface area contributed by atoms with Crippen LogP contribution in [0.2, 0.25) is 0 Å². The van der Waals surface area contributed by atoms with E-state index in [1.807, 2.05) is 17.9 Å². The molecule has 1 saturated heterocycles. The Balaban J connectivity index is 1.39. The molecule has 0 spiro atoms. The number of halogens is 1. The molecule has 3 aromatic rings. The molecule has 8 heteroatoms. The summed E-state index contributed by atoms with van der Waals surface area (Å²) in [6.45, 7) is 7.12. The Hall–Kier alpha value is -2.74. The lowest BCUT2D eigenvalue weighted by molar-refractivity contribution is -0.132. The van der Waals surface area contributed by atoms with E-state index in [0.717, 1.165) is 29.7 Å². The van der Waals surface area contributed by atoms with Gasteiger partial charge in [0, 0.05) is 44.2 Å². The summed E-state index contributed by atoms with van der Waals surface area (Å²) in [6.07, 6.45) is 0.277. The number of carbonyl (C=O) groups is 1. The van der Waals surface area contributed by atoms with E-state index in [9.17, 15) is 9.18 Å². The number of amides is 1. The number of hydrogen-bond donors (Lipinski definition) is 1. The van der Waals surface area contributed by atoms with Crippen LogP contribution in [0.3, 0.4) is 0 Å². The number of para-hydroxylation sites is 1. The van der Waals surface area contributed by atoms with Gasteiger partial charge in [-0.2, -0.15) is 4.98 Å². The molecule has 1 N–H and O–H groups in total. The standard InChI is InChI=1S/C19H22FN5O2/c1-12-15(14-4-3-5-16(20)19(14)21-12)10-18(26)25-8-6-24(7-9-25)11-17-22-13(2)27-23-17/h3-5,21H,6-11H2,1-2H3. The van der Waals surface area contributed by atoms with Gasteiger partial charge in [-0.05, 0) is 18.6 Å². The third kappa shape index (κ3) is 3.57. The Labute approximate surface area is 156 Å². The van der Waals surface area contributed by atoms with Gasteiger partial charge in [-0.25, -0.2) is 4.39 Å². The Bertz CT molecular complexity index is 972. The summed E-state index contributed by atoms with van der Waals surface area (Å²) in [5.41, 5.74) is 2.19. The quantitative estimate of drug-likeness (QED) is 0.761. The molecule has 0 radical (unpaired) electrons. The van der Waals surface area contributed by atoms with Crippen LogP contribution >= 0.6 is 0 Å². The molecule has 0 aliphatic carbocycles. The van der Waals surface area contributed by atoms with Crippen LogP contribution in [-0.4, -0.2) is 57.0 Å². The van der Waals surface area contributed by atoms with Gasteiger partial charge in [0.05, 0.1) is 18.5 Å². The van der Waals surface area contributed by atoms with E-state index in [2.05, 4.69) is 20.0 Å². The minimum absolute atomic E-state index is 0.0679. The summed E-state index contributed by atoms with van der Waals surface area (Å²) >= 11 is 0. The Morgan fingerprint density at radius 3 is 2.74 bits per heavy atom. The minimum Gasteiger partial charge on any atom is -0.356 e. The second-order valence-corrected chi connectivity index (χ2v) is 6.95. The normalized spacial score (nSPS) is 15.6. The first-order valence-corrected chi connectivity index (χ1v) is 9.06. The lowest BCUT2D eigenvalue weighted by Gasteiger charge is -2.34. The van der Waals surface area contributed by atoms with Crippen molar-refractivity contribution in [3.05, 3.63) is 47.0 Å². The molecule has 0 atom stereocenters. The Kier molecular flexibility index (Phi) is 4.65. The van der Waals surface area contributed by atoms with Crippen molar-refractivity contribution in [2.75, 3.05) is 26.2 Å². The van der Waals surface area contributed by atoms with Crippen molar-refractivity contribution in [3.8, 4) is 0 Å². The van der Waals surface area contributed by atoms with Gasteiger partial charge in [-0.1, -0.05) is 17.3 Å². The van der Waals surface area contributed by atoms with Gasteiger partial charge >= 0.3 is 0 Å². The minimum atomic E-state index is -0.292. The molecule has 0 unspecified atom stereocenters. The second-order valence-electron chi connectivity index (χ2n) is 6.95. The van der Waals surface area contributed by atoms with E-state index < -0.39 is 0 Å². The predicted octanol–water partition coefficient (Wildman–Crippen LogP) is 2.19. The van der Waals surface area contributed by atoms with Crippen LogP contribution in [-0.2, 0) is 17.8 Å². The van der Waals surface area contributed by atoms with Crippen molar-refractivity contribution in [1.82, 2.24) is 24.9 Å². The highest BCUT2D eigenvalue weighted by atomic mass is 19.1. The van der Waals surface area contributed by atoms with Crippen molar-refractivity contribution in [2.45, 2.75) is 26.8 Å². The number of benzene rings is 1. The number of rotatable bonds is 4. The molecule has 27 heavy (non-hydrogen) atoms. The van der Waals surface area contributed by atoms with Gasteiger partial charge in [0.15, 0.2) is 5.82 Å². The highest BCUT2D eigenvalue weighted by molar-refractivity contribution is 5.90. The summed E-state index contributed by atoms with van der Waals surface area (Å²) in [5, 5.41) is 4.70.